The van der Waals surface area contributed by atoms with Crippen LogP contribution in [-0.2, 0) is 14.4 Å². The summed E-state index contributed by atoms with van der Waals surface area (Å²) >= 11 is 0. The van der Waals surface area contributed by atoms with Gasteiger partial charge in [0.2, 0.25) is 5.78 Å². The SMILES string of the molecule is CNC(=O)C(=O)CCC(C=O)NC(=O)c1cccnc1. The molecule has 0 fully saturated rings. The maximum absolute atomic E-state index is 11.8. The second-order valence-corrected chi connectivity index (χ2v) is 4.00. The van der Waals surface area contributed by atoms with E-state index in [4.69, 9.17) is 0 Å². The van der Waals surface area contributed by atoms with Gasteiger partial charge in [-0.15, -0.1) is 0 Å². The van der Waals surface area contributed by atoms with E-state index in [1.165, 1.54) is 19.4 Å². The van der Waals surface area contributed by atoms with Crippen LogP contribution in [0.4, 0.5) is 0 Å². The number of Topliss-reactive ketones (excluding diaryl/α,β-unsaturated/α-hetero) is 1. The number of pyridine rings is 1. The standard InChI is InChI=1S/C13H15N3O4/c1-14-13(20)11(18)5-4-10(8-17)16-12(19)9-3-2-6-15-7-9/h2-3,6-8,10H,4-5H2,1H3,(H,14,20)(H,16,19). The molecule has 0 aromatic carbocycles. The van der Waals surface area contributed by atoms with Crippen molar-refractivity contribution in [2.75, 3.05) is 7.05 Å². The maximum atomic E-state index is 11.8. The fraction of sp³-hybridized carbons (Fsp3) is 0.308. The second kappa shape index (κ2) is 7.78. The number of carbonyl (C=O) groups excluding carboxylic acids is 4. The van der Waals surface area contributed by atoms with Crippen LogP contribution in [0.15, 0.2) is 24.5 Å². The molecule has 1 atom stereocenters. The number of ketones is 1. The number of aldehydes is 1. The molecule has 2 amide bonds. The Hall–Kier alpha value is -2.57. The molecule has 1 unspecified atom stereocenters. The minimum atomic E-state index is -0.823. The van der Waals surface area contributed by atoms with Crippen LogP contribution < -0.4 is 10.6 Å². The third-order valence-corrected chi connectivity index (χ3v) is 2.57. The van der Waals surface area contributed by atoms with Gasteiger partial charge >= 0.3 is 0 Å². The molecule has 0 aliphatic rings. The van der Waals surface area contributed by atoms with Crippen molar-refractivity contribution < 1.29 is 19.2 Å². The molecule has 106 valence electrons. The van der Waals surface area contributed by atoms with Crippen LogP contribution >= 0.6 is 0 Å². The summed E-state index contributed by atoms with van der Waals surface area (Å²) in [5.74, 6) is -1.80. The molecule has 0 aliphatic heterocycles. The first-order valence-electron chi connectivity index (χ1n) is 5.99. The molecule has 0 saturated carbocycles. The van der Waals surface area contributed by atoms with Gasteiger partial charge in [0, 0.05) is 25.9 Å². The molecule has 0 aliphatic carbocycles. The third kappa shape index (κ3) is 4.60. The lowest BCUT2D eigenvalue weighted by Crippen LogP contribution is -2.37. The summed E-state index contributed by atoms with van der Waals surface area (Å²) in [7, 11) is 1.35. The molecule has 20 heavy (non-hydrogen) atoms. The average Bonchev–Trinajstić information content (AvgIpc) is 2.50. The first-order valence-corrected chi connectivity index (χ1v) is 5.99. The van der Waals surface area contributed by atoms with Gasteiger partial charge in [0.15, 0.2) is 0 Å². The fourth-order valence-corrected chi connectivity index (χ4v) is 1.46. The van der Waals surface area contributed by atoms with Crippen molar-refractivity contribution in [3.8, 4) is 0 Å². The Morgan fingerprint density at radius 1 is 1.40 bits per heavy atom. The minimum absolute atomic E-state index is 0.0712. The van der Waals surface area contributed by atoms with Crippen molar-refractivity contribution in [1.29, 1.82) is 0 Å². The van der Waals surface area contributed by atoms with Crippen molar-refractivity contribution in [3.05, 3.63) is 30.1 Å². The summed E-state index contributed by atoms with van der Waals surface area (Å²) < 4.78 is 0. The van der Waals surface area contributed by atoms with E-state index in [0.29, 0.717) is 11.8 Å². The molecule has 7 nitrogen and oxygen atoms in total. The molecule has 0 radical (unpaired) electrons. The Balaban J connectivity index is 2.52. The van der Waals surface area contributed by atoms with Gasteiger partial charge < -0.3 is 15.4 Å². The predicted molar refractivity (Wildman–Crippen MR) is 69.9 cm³/mol. The van der Waals surface area contributed by atoms with E-state index in [1.807, 2.05) is 0 Å². The maximum Gasteiger partial charge on any atom is 0.287 e. The largest absolute Gasteiger partial charge is 0.353 e. The molecular weight excluding hydrogens is 262 g/mol. The van der Waals surface area contributed by atoms with Gasteiger partial charge in [-0.2, -0.15) is 0 Å². The lowest BCUT2D eigenvalue weighted by atomic mass is 10.1. The number of nitrogens with zero attached hydrogens (tertiary/aromatic N) is 1. The second-order valence-electron chi connectivity index (χ2n) is 4.00. The third-order valence-electron chi connectivity index (χ3n) is 2.57. The van der Waals surface area contributed by atoms with Gasteiger partial charge in [-0.25, -0.2) is 0 Å². The van der Waals surface area contributed by atoms with Crippen molar-refractivity contribution >= 4 is 23.9 Å². The number of nitrogens with one attached hydrogen (secondary N) is 2. The van der Waals surface area contributed by atoms with Gasteiger partial charge in [0.1, 0.15) is 6.29 Å². The van der Waals surface area contributed by atoms with Crippen molar-refractivity contribution in [2.24, 2.45) is 0 Å². The van der Waals surface area contributed by atoms with Crippen LogP contribution in [0, 0.1) is 0 Å². The van der Waals surface area contributed by atoms with E-state index in [9.17, 15) is 19.2 Å². The van der Waals surface area contributed by atoms with Crippen LogP contribution in [0.5, 0.6) is 0 Å². The number of amides is 2. The zero-order valence-electron chi connectivity index (χ0n) is 11.0. The zero-order valence-corrected chi connectivity index (χ0v) is 11.0. The lowest BCUT2D eigenvalue weighted by Gasteiger charge is -2.11. The van der Waals surface area contributed by atoms with Crippen molar-refractivity contribution in [3.63, 3.8) is 0 Å². The summed E-state index contributed by atoms with van der Waals surface area (Å²) in [4.78, 5) is 48.8. The molecule has 1 aromatic rings. The fourth-order valence-electron chi connectivity index (χ4n) is 1.46. The molecule has 0 saturated heterocycles. The Morgan fingerprint density at radius 3 is 2.70 bits per heavy atom. The van der Waals surface area contributed by atoms with Crippen LogP contribution in [-0.4, -0.2) is 42.0 Å². The van der Waals surface area contributed by atoms with Crippen molar-refractivity contribution in [1.82, 2.24) is 15.6 Å². The highest BCUT2D eigenvalue weighted by molar-refractivity contribution is 6.36. The predicted octanol–water partition coefficient (Wildman–Crippen LogP) is -0.526. The summed E-state index contributed by atoms with van der Waals surface area (Å²) in [5, 5.41) is 4.67. The molecular formula is C13H15N3O4. The minimum Gasteiger partial charge on any atom is -0.353 e. The van der Waals surface area contributed by atoms with Gasteiger partial charge in [0.25, 0.3) is 11.8 Å². The lowest BCUT2D eigenvalue weighted by molar-refractivity contribution is -0.137. The van der Waals surface area contributed by atoms with Crippen molar-refractivity contribution in [2.45, 2.75) is 18.9 Å². The summed E-state index contributed by atoms with van der Waals surface area (Å²) in [5.41, 5.74) is 0.317. The summed E-state index contributed by atoms with van der Waals surface area (Å²) in [6, 6.07) is 2.33. The number of carbonyl (C=O) groups is 4. The van der Waals surface area contributed by atoms with Gasteiger partial charge in [-0.1, -0.05) is 0 Å². The highest BCUT2D eigenvalue weighted by atomic mass is 16.2. The van der Waals surface area contributed by atoms with Crippen LogP contribution in [0.2, 0.25) is 0 Å². The van der Waals surface area contributed by atoms with E-state index in [2.05, 4.69) is 15.6 Å². The van der Waals surface area contributed by atoms with Crippen LogP contribution in [0.3, 0.4) is 0 Å². The van der Waals surface area contributed by atoms with E-state index in [-0.39, 0.29) is 12.8 Å². The van der Waals surface area contributed by atoms with Crippen LogP contribution in [0.25, 0.3) is 0 Å². The topological polar surface area (TPSA) is 105 Å². The number of aromatic nitrogens is 1. The quantitative estimate of drug-likeness (QED) is 0.515. The zero-order chi connectivity index (χ0) is 15.0. The Kier molecular flexibility index (Phi) is 6.02. The molecule has 1 aromatic heterocycles. The summed E-state index contributed by atoms with van der Waals surface area (Å²) in [6.07, 6.45) is 3.38. The molecule has 1 rings (SSSR count). The highest BCUT2D eigenvalue weighted by Gasteiger charge is 2.17. The van der Waals surface area contributed by atoms with Gasteiger partial charge in [-0.3, -0.25) is 19.4 Å². The Bertz CT molecular complexity index is 502. The highest BCUT2D eigenvalue weighted by Crippen LogP contribution is 2.00. The van der Waals surface area contributed by atoms with Gasteiger partial charge in [-0.05, 0) is 18.6 Å². The Labute approximate surface area is 115 Å². The normalized spacial score (nSPS) is 11.2. The van der Waals surface area contributed by atoms with E-state index in [1.54, 1.807) is 12.1 Å². The molecule has 2 N–H and O–H groups in total. The average molecular weight is 277 g/mol. The molecule has 0 bridgehead atoms. The number of likely N-dealkylation sites (N-methyl/N-ethyl adjacent to an activating group) is 1. The first kappa shape index (κ1) is 15.5. The monoisotopic (exact) mass is 277 g/mol. The smallest absolute Gasteiger partial charge is 0.287 e. The number of hydrogen-bond acceptors (Lipinski definition) is 5. The Morgan fingerprint density at radius 2 is 2.15 bits per heavy atom. The van der Waals surface area contributed by atoms with E-state index < -0.39 is 23.6 Å². The molecule has 0 spiro atoms. The summed E-state index contributed by atoms with van der Waals surface area (Å²) in [6.45, 7) is 0. The molecule has 1 heterocycles. The number of hydrogen-bond donors (Lipinski definition) is 2. The van der Waals surface area contributed by atoms with Gasteiger partial charge in [0.05, 0.1) is 11.6 Å². The number of rotatable bonds is 7. The van der Waals surface area contributed by atoms with Crippen LogP contribution in [0.1, 0.15) is 23.2 Å². The first-order chi connectivity index (χ1) is 9.58. The molecule has 7 heteroatoms. The van der Waals surface area contributed by atoms with E-state index >= 15 is 0 Å². The van der Waals surface area contributed by atoms with E-state index in [0.717, 1.165) is 0 Å².